The summed E-state index contributed by atoms with van der Waals surface area (Å²) in [5.41, 5.74) is 0.547. The zero-order chi connectivity index (χ0) is 18.8. The van der Waals surface area contributed by atoms with Crippen molar-refractivity contribution in [3.63, 3.8) is 0 Å². The van der Waals surface area contributed by atoms with Crippen molar-refractivity contribution in [3.05, 3.63) is 42.2 Å². The Morgan fingerprint density at radius 3 is 2.81 bits per heavy atom. The highest BCUT2D eigenvalue weighted by atomic mass is 19.3. The fraction of sp³-hybridized carbons (Fsp3) is 0.412. The van der Waals surface area contributed by atoms with E-state index in [1.165, 1.54) is 0 Å². The van der Waals surface area contributed by atoms with Gasteiger partial charge < -0.3 is 20.1 Å². The van der Waals surface area contributed by atoms with E-state index in [0.29, 0.717) is 31.2 Å². The molecule has 1 aromatic heterocycles. The number of nitrogens with one attached hydrogen (secondary N) is 2. The van der Waals surface area contributed by atoms with Crippen molar-refractivity contribution >= 4 is 5.96 Å². The number of hydrogen-bond donors (Lipinski definition) is 2. The van der Waals surface area contributed by atoms with E-state index in [0.717, 1.165) is 0 Å². The van der Waals surface area contributed by atoms with Gasteiger partial charge in [-0.15, -0.1) is 0 Å². The Labute approximate surface area is 151 Å². The molecule has 0 unspecified atom stereocenters. The second-order valence-electron chi connectivity index (χ2n) is 5.18. The quantitative estimate of drug-likeness (QED) is 0.525. The Hall–Kier alpha value is -2.84. The summed E-state index contributed by atoms with van der Waals surface area (Å²) in [6, 6.07) is 6.88. The molecule has 26 heavy (non-hydrogen) atoms. The zero-order valence-electron chi connectivity index (χ0n) is 14.8. The van der Waals surface area contributed by atoms with Crippen LogP contribution in [0, 0.1) is 0 Å². The second kappa shape index (κ2) is 10.2. The summed E-state index contributed by atoms with van der Waals surface area (Å²) in [6.45, 7) is 0.746. The van der Waals surface area contributed by atoms with Gasteiger partial charge in [-0.05, 0) is 19.1 Å². The maximum absolute atomic E-state index is 12.7. The molecule has 0 bridgehead atoms. The molecule has 0 atom stereocenters. The summed E-state index contributed by atoms with van der Waals surface area (Å²) in [4.78, 5) is 4.12. The molecule has 0 aliphatic rings. The molecule has 0 saturated heterocycles. The first-order valence-corrected chi connectivity index (χ1v) is 8.25. The Morgan fingerprint density at radius 1 is 1.31 bits per heavy atom. The summed E-state index contributed by atoms with van der Waals surface area (Å²) < 4.78 is 37.3. The number of guanidine groups is 1. The molecule has 1 aromatic carbocycles. The summed E-state index contributed by atoms with van der Waals surface area (Å²) in [7, 11) is 1.64. The number of aliphatic imine (C=N–C) groups is 1. The minimum atomic E-state index is -2.93. The van der Waals surface area contributed by atoms with E-state index in [4.69, 9.17) is 4.74 Å². The first-order valence-electron chi connectivity index (χ1n) is 8.25. The molecule has 2 aromatic rings. The number of halogens is 2. The van der Waals surface area contributed by atoms with Gasteiger partial charge in [0.05, 0.1) is 13.2 Å². The Morgan fingerprint density at radius 2 is 2.15 bits per heavy atom. The number of para-hydroxylation sites is 1. The van der Waals surface area contributed by atoms with Gasteiger partial charge in [0, 0.05) is 38.1 Å². The van der Waals surface area contributed by atoms with Crippen molar-refractivity contribution in [1.29, 1.82) is 0 Å². The number of hydrogen-bond acceptors (Lipinski definition) is 4. The number of ether oxygens (including phenoxy) is 2. The molecule has 9 heteroatoms. The summed E-state index contributed by atoms with van der Waals surface area (Å²) in [6.07, 6.45) is 3.58. The fourth-order valence-corrected chi connectivity index (χ4v) is 2.31. The van der Waals surface area contributed by atoms with Crippen LogP contribution in [0.2, 0.25) is 0 Å². The zero-order valence-corrected chi connectivity index (χ0v) is 14.8. The third-order valence-corrected chi connectivity index (χ3v) is 3.43. The van der Waals surface area contributed by atoms with Crippen LogP contribution >= 0.6 is 0 Å². The van der Waals surface area contributed by atoms with E-state index in [1.54, 1.807) is 43.0 Å². The molecule has 0 fully saturated rings. The third kappa shape index (κ3) is 5.91. The van der Waals surface area contributed by atoms with Gasteiger partial charge in [0.2, 0.25) is 0 Å². The van der Waals surface area contributed by atoms with Gasteiger partial charge in [0.25, 0.3) is 0 Å². The highest BCUT2D eigenvalue weighted by Crippen LogP contribution is 2.32. The highest BCUT2D eigenvalue weighted by molar-refractivity contribution is 5.79. The van der Waals surface area contributed by atoms with Crippen LogP contribution in [0.1, 0.15) is 12.5 Å². The van der Waals surface area contributed by atoms with Crippen LogP contribution in [0.15, 0.2) is 41.7 Å². The van der Waals surface area contributed by atoms with E-state index in [1.807, 2.05) is 12.3 Å². The van der Waals surface area contributed by atoms with Gasteiger partial charge in [-0.3, -0.25) is 9.67 Å². The smallest absolute Gasteiger partial charge is 0.387 e. The lowest BCUT2D eigenvalue weighted by Crippen LogP contribution is -2.38. The van der Waals surface area contributed by atoms with Crippen LogP contribution in [-0.4, -0.2) is 42.6 Å². The number of nitrogens with zero attached hydrogens (tertiary/aromatic N) is 3. The number of alkyl halides is 2. The maximum atomic E-state index is 12.7. The lowest BCUT2D eigenvalue weighted by atomic mass is 10.2. The Kier molecular flexibility index (Phi) is 7.66. The SMILES string of the molecule is CCOc1cccc(CNC(=NC)NCCn2cccn2)c1OC(F)F. The minimum Gasteiger partial charge on any atom is -0.490 e. The Bertz CT molecular complexity index is 692. The van der Waals surface area contributed by atoms with Crippen molar-refractivity contribution in [3.8, 4) is 11.5 Å². The third-order valence-electron chi connectivity index (χ3n) is 3.43. The fourth-order valence-electron chi connectivity index (χ4n) is 2.31. The molecule has 0 radical (unpaired) electrons. The van der Waals surface area contributed by atoms with Gasteiger partial charge in [0.15, 0.2) is 17.5 Å². The molecule has 0 spiro atoms. The van der Waals surface area contributed by atoms with Crippen LogP contribution in [-0.2, 0) is 13.1 Å². The molecule has 0 amide bonds. The van der Waals surface area contributed by atoms with Gasteiger partial charge in [-0.1, -0.05) is 12.1 Å². The lowest BCUT2D eigenvalue weighted by Gasteiger charge is -2.17. The normalized spacial score (nSPS) is 11.5. The second-order valence-corrected chi connectivity index (χ2v) is 5.18. The largest absolute Gasteiger partial charge is 0.490 e. The van der Waals surface area contributed by atoms with E-state index in [-0.39, 0.29) is 18.0 Å². The summed E-state index contributed by atoms with van der Waals surface area (Å²) >= 11 is 0. The van der Waals surface area contributed by atoms with Gasteiger partial charge in [0.1, 0.15) is 0 Å². The van der Waals surface area contributed by atoms with Gasteiger partial charge in [-0.25, -0.2) is 0 Å². The first kappa shape index (κ1) is 19.5. The predicted octanol–water partition coefficient (Wildman–Crippen LogP) is 2.25. The molecule has 7 nitrogen and oxygen atoms in total. The lowest BCUT2D eigenvalue weighted by molar-refractivity contribution is -0.0520. The van der Waals surface area contributed by atoms with Crippen LogP contribution in [0.3, 0.4) is 0 Å². The number of rotatable bonds is 9. The van der Waals surface area contributed by atoms with Crippen molar-refractivity contribution in [2.24, 2.45) is 4.99 Å². The molecular weight excluding hydrogens is 344 g/mol. The minimum absolute atomic E-state index is 0.0313. The van der Waals surface area contributed by atoms with Crippen molar-refractivity contribution in [2.45, 2.75) is 26.6 Å². The van der Waals surface area contributed by atoms with E-state index < -0.39 is 6.61 Å². The molecule has 0 aliphatic carbocycles. The van der Waals surface area contributed by atoms with Crippen molar-refractivity contribution < 1.29 is 18.3 Å². The highest BCUT2D eigenvalue weighted by Gasteiger charge is 2.15. The maximum Gasteiger partial charge on any atom is 0.387 e. The standard InChI is InChI=1S/C17H23F2N5O2/c1-3-25-14-7-4-6-13(15(14)26-16(18)19)12-22-17(20-2)21-9-11-24-10-5-8-23-24/h4-8,10,16H,3,9,11-12H2,1-2H3,(H2,20,21,22). The van der Waals surface area contributed by atoms with Crippen LogP contribution in [0.4, 0.5) is 8.78 Å². The predicted molar refractivity (Wildman–Crippen MR) is 94.7 cm³/mol. The van der Waals surface area contributed by atoms with E-state index in [9.17, 15) is 8.78 Å². The summed E-state index contributed by atoms with van der Waals surface area (Å²) in [5.74, 6) is 0.861. The molecular formula is C17H23F2N5O2. The van der Waals surface area contributed by atoms with Gasteiger partial charge >= 0.3 is 6.61 Å². The van der Waals surface area contributed by atoms with E-state index in [2.05, 4.69) is 25.5 Å². The topological polar surface area (TPSA) is 72.7 Å². The number of aromatic nitrogens is 2. The summed E-state index contributed by atoms with van der Waals surface area (Å²) in [5, 5.41) is 10.3. The molecule has 2 N–H and O–H groups in total. The van der Waals surface area contributed by atoms with Crippen LogP contribution in [0.25, 0.3) is 0 Å². The molecule has 142 valence electrons. The average molecular weight is 367 g/mol. The van der Waals surface area contributed by atoms with Crippen molar-refractivity contribution in [1.82, 2.24) is 20.4 Å². The van der Waals surface area contributed by atoms with Gasteiger partial charge in [-0.2, -0.15) is 13.9 Å². The average Bonchev–Trinajstić information content (AvgIpc) is 3.13. The number of benzene rings is 1. The van der Waals surface area contributed by atoms with Crippen LogP contribution in [0.5, 0.6) is 11.5 Å². The van der Waals surface area contributed by atoms with Crippen LogP contribution < -0.4 is 20.1 Å². The first-order chi connectivity index (χ1) is 12.6. The molecule has 1 heterocycles. The molecule has 0 saturated carbocycles. The Balaban J connectivity index is 1.96. The molecule has 0 aliphatic heterocycles. The molecule has 2 rings (SSSR count). The van der Waals surface area contributed by atoms with Crippen molar-refractivity contribution in [2.75, 3.05) is 20.2 Å². The van der Waals surface area contributed by atoms with E-state index >= 15 is 0 Å². The monoisotopic (exact) mass is 367 g/mol.